The zero-order valence-corrected chi connectivity index (χ0v) is 12.7. The topological polar surface area (TPSA) is 35.2 Å². The van der Waals surface area contributed by atoms with Crippen LogP contribution in [0, 0.1) is 6.92 Å². The summed E-state index contributed by atoms with van der Waals surface area (Å²) in [6, 6.07) is 12.5. The molecule has 2 heteroatoms. The van der Waals surface area contributed by atoms with Crippen LogP contribution in [0.2, 0.25) is 0 Å². The first-order valence-corrected chi connectivity index (χ1v) is 7.03. The lowest BCUT2D eigenvalue weighted by Crippen LogP contribution is -2.00. The summed E-state index contributed by atoms with van der Waals surface area (Å²) in [5.74, 6) is 1.44. The standard InChI is InChI=1S/C18H23NO/c1-12(2)17-11-15(13(3)9-18(17)20-4)10-14-5-7-16(19)8-6-14/h5-9,11-12H,10,19H2,1-4H3. The maximum absolute atomic E-state index is 5.74. The van der Waals surface area contributed by atoms with Gasteiger partial charge in [-0.2, -0.15) is 0 Å². The summed E-state index contributed by atoms with van der Waals surface area (Å²) in [5.41, 5.74) is 11.7. The third-order valence-electron chi connectivity index (χ3n) is 3.68. The smallest absolute Gasteiger partial charge is 0.122 e. The van der Waals surface area contributed by atoms with Gasteiger partial charge in [0.2, 0.25) is 0 Å². The molecule has 0 heterocycles. The molecule has 0 amide bonds. The number of nitrogens with two attached hydrogens (primary N) is 1. The van der Waals surface area contributed by atoms with Gasteiger partial charge >= 0.3 is 0 Å². The van der Waals surface area contributed by atoms with E-state index in [4.69, 9.17) is 10.5 Å². The van der Waals surface area contributed by atoms with Crippen molar-refractivity contribution in [2.24, 2.45) is 0 Å². The predicted molar refractivity (Wildman–Crippen MR) is 85.5 cm³/mol. The monoisotopic (exact) mass is 269 g/mol. The van der Waals surface area contributed by atoms with Crippen LogP contribution in [0.15, 0.2) is 36.4 Å². The number of aryl methyl sites for hydroxylation is 1. The molecule has 0 radical (unpaired) electrons. The molecule has 106 valence electrons. The van der Waals surface area contributed by atoms with E-state index in [1.54, 1.807) is 7.11 Å². The Morgan fingerprint density at radius 3 is 2.30 bits per heavy atom. The van der Waals surface area contributed by atoms with Crippen molar-refractivity contribution in [3.05, 3.63) is 58.7 Å². The summed E-state index contributed by atoms with van der Waals surface area (Å²) in [4.78, 5) is 0. The Hall–Kier alpha value is -1.96. The number of methoxy groups -OCH3 is 1. The summed E-state index contributed by atoms with van der Waals surface area (Å²) < 4.78 is 5.49. The number of benzene rings is 2. The van der Waals surface area contributed by atoms with Crippen LogP contribution in [0.25, 0.3) is 0 Å². The summed E-state index contributed by atoms with van der Waals surface area (Å²) in [5, 5.41) is 0. The van der Waals surface area contributed by atoms with E-state index in [-0.39, 0.29) is 0 Å². The number of hydrogen-bond donors (Lipinski definition) is 1. The lowest BCUT2D eigenvalue weighted by Gasteiger charge is -2.16. The minimum absolute atomic E-state index is 0.454. The van der Waals surface area contributed by atoms with Crippen LogP contribution in [-0.2, 0) is 6.42 Å². The molecule has 0 fully saturated rings. The molecule has 0 atom stereocenters. The Bertz CT molecular complexity index is 585. The second kappa shape index (κ2) is 6.00. The maximum Gasteiger partial charge on any atom is 0.122 e. The second-order valence-corrected chi connectivity index (χ2v) is 5.59. The predicted octanol–water partition coefficient (Wildman–Crippen LogP) is 4.30. The molecule has 20 heavy (non-hydrogen) atoms. The van der Waals surface area contributed by atoms with Gasteiger partial charge in [-0.25, -0.2) is 0 Å². The molecule has 0 bridgehead atoms. The Morgan fingerprint density at radius 1 is 1.10 bits per heavy atom. The number of anilines is 1. The summed E-state index contributed by atoms with van der Waals surface area (Å²) >= 11 is 0. The minimum Gasteiger partial charge on any atom is -0.496 e. The highest BCUT2D eigenvalue weighted by Gasteiger charge is 2.11. The highest BCUT2D eigenvalue weighted by atomic mass is 16.5. The van der Waals surface area contributed by atoms with Gasteiger partial charge in [-0.3, -0.25) is 0 Å². The third-order valence-corrected chi connectivity index (χ3v) is 3.68. The molecule has 2 aromatic rings. The molecular formula is C18H23NO. The Labute approximate surface area is 121 Å². The van der Waals surface area contributed by atoms with E-state index in [1.807, 2.05) is 12.1 Å². The van der Waals surface area contributed by atoms with Crippen molar-refractivity contribution in [2.45, 2.75) is 33.1 Å². The normalized spacial score (nSPS) is 10.8. The first kappa shape index (κ1) is 14.4. The molecule has 0 aliphatic carbocycles. The molecule has 2 rings (SSSR count). The molecule has 0 unspecified atom stereocenters. The van der Waals surface area contributed by atoms with Crippen molar-refractivity contribution in [1.29, 1.82) is 0 Å². The van der Waals surface area contributed by atoms with Gasteiger partial charge in [0.15, 0.2) is 0 Å². The highest BCUT2D eigenvalue weighted by molar-refractivity contribution is 5.46. The van der Waals surface area contributed by atoms with Crippen molar-refractivity contribution in [3.8, 4) is 5.75 Å². The quantitative estimate of drug-likeness (QED) is 0.840. The molecule has 2 nitrogen and oxygen atoms in total. The van der Waals surface area contributed by atoms with Crippen LogP contribution in [0.4, 0.5) is 5.69 Å². The molecule has 0 aromatic heterocycles. The lowest BCUT2D eigenvalue weighted by atomic mass is 9.93. The number of rotatable bonds is 4. The van der Waals surface area contributed by atoms with Gasteiger partial charge in [-0.05, 0) is 59.7 Å². The second-order valence-electron chi connectivity index (χ2n) is 5.59. The van der Waals surface area contributed by atoms with Crippen molar-refractivity contribution in [3.63, 3.8) is 0 Å². The van der Waals surface area contributed by atoms with E-state index in [1.165, 1.54) is 22.3 Å². The first-order valence-electron chi connectivity index (χ1n) is 7.03. The van der Waals surface area contributed by atoms with E-state index in [0.29, 0.717) is 5.92 Å². The van der Waals surface area contributed by atoms with Crippen LogP contribution in [0.1, 0.15) is 42.0 Å². The van der Waals surface area contributed by atoms with Crippen molar-refractivity contribution in [2.75, 3.05) is 12.8 Å². The fourth-order valence-corrected chi connectivity index (χ4v) is 2.42. The van der Waals surface area contributed by atoms with E-state index in [9.17, 15) is 0 Å². The van der Waals surface area contributed by atoms with E-state index < -0.39 is 0 Å². The minimum atomic E-state index is 0.454. The number of hydrogen-bond acceptors (Lipinski definition) is 2. The van der Waals surface area contributed by atoms with Crippen LogP contribution in [-0.4, -0.2) is 7.11 Å². The zero-order valence-electron chi connectivity index (χ0n) is 12.7. The van der Waals surface area contributed by atoms with Crippen LogP contribution < -0.4 is 10.5 Å². The largest absolute Gasteiger partial charge is 0.496 e. The Kier molecular flexibility index (Phi) is 4.33. The summed E-state index contributed by atoms with van der Waals surface area (Å²) in [6.07, 6.45) is 0.926. The van der Waals surface area contributed by atoms with Gasteiger partial charge in [-0.15, -0.1) is 0 Å². The van der Waals surface area contributed by atoms with Gasteiger partial charge in [0, 0.05) is 5.69 Å². The van der Waals surface area contributed by atoms with Gasteiger partial charge in [0.05, 0.1) is 7.11 Å². The molecule has 0 aliphatic heterocycles. The van der Waals surface area contributed by atoms with E-state index >= 15 is 0 Å². The highest BCUT2D eigenvalue weighted by Crippen LogP contribution is 2.30. The molecule has 0 spiro atoms. The zero-order chi connectivity index (χ0) is 14.7. The number of nitrogen functional groups attached to an aromatic ring is 1. The lowest BCUT2D eigenvalue weighted by molar-refractivity contribution is 0.407. The van der Waals surface area contributed by atoms with Crippen molar-refractivity contribution in [1.82, 2.24) is 0 Å². The van der Waals surface area contributed by atoms with Gasteiger partial charge < -0.3 is 10.5 Å². The first-order chi connectivity index (χ1) is 9.51. The van der Waals surface area contributed by atoms with Crippen molar-refractivity contribution >= 4 is 5.69 Å². The SMILES string of the molecule is COc1cc(C)c(Cc2ccc(N)cc2)cc1C(C)C. The maximum atomic E-state index is 5.74. The Balaban J connectivity index is 2.36. The fraction of sp³-hybridized carbons (Fsp3) is 0.333. The molecule has 2 aromatic carbocycles. The van der Waals surface area contributed by atoms with Gasteiger partial charge in [-0.1, -0.05) is 32.0 Å². The average Bonchev–Trinajstić information content (AvgIpc) is 2.42. The summed E-state index contributed by atoms with van der Waals surface area (Å²) in [7, 11) is 1.74. The van der Waals surface area contributed by atoms with Crippen LogP contribution in [0.5, 0.6) is 5.75 Å². The molecule has 2 N–H and O–H groups in total. The van der Waals surface area contributed by atoms with Gasteiger partial charge in [0.25, 0.3) is 0 Å². The van der Waals surface area contributed by atoms with E-state index in [0.717, 1.165) is 17.9 Å². The van der Waals surface area contributed by atoms with Crippen LogP contribution in [0.3, 0.4) is 0 Å². The van der Waals surface area contributed by atoms with Crippen LogP contribution >= 0.6 is 0 Å². The molecular weight excluding hydrogens is 246 g/mol. The fourth-order valence-electron chi connectivity index (χ4n) is 2.42. The summed E-state index contributed by atoms with van der Waals surface area (Å²) in [6.45, 7) is 6.53. The molecule has 0 saturated heterocycles. The molecule has 0 aliphatic rings. The Morgan fingerprint density at radius 2 is 1.75 bits per heavy atom. The average molecular weight is 269 g/mol. The van der Waals surface area contributed by atoms with Gasteiger partial charge in [0.1, 0.15) is 5.75 Å². The number of ether oxygens (including phenoxy) is 1. The van der Waals surface area contributed by atoms with Crippen molar-refractivity contribution < 1.29 is 4.74 Å². The third kappa shape index (κ3) is 3.13. The molecule has 0 saturated carbocycles. The van der Waals surface area contributed by atoms with E-state index in [2.05, 4.69) is 45.0 Å².